The molecule has 0 bridgehead atoms. The monoisotopic (exact) mass is 404 g/mol. The Morgan fingerprint density at radius 2 is 2.50 bits per heavy atom. The minimum atomic E-state index is -1.88. The van der Waals surface area contributed by atoms with Gasteiger partial charge in [-0.25, -0.2) is 7.86 Å². The highest BCUT2D eigenvalue weighted by Crippen LogP contribution is 2.20. The molecule has 0 radical (unpaired) electrons. The number of aryl methyl sites for hydroxylation is 1. The number of alkyl halides is 1. The number of rotatable bonds is 5. The highest BCUT2D eigenvalue weighted by molar-refractivity contribution is 14.1. The predicted octanol–water partition coefficient (Wildman–Crippen LogP) is 1.60. The lowest BCUT2D eigenvalue weighted by Crippen LogP contribution is -2.12. The van der Waals surface area contributed by atoms with Gasteiger partial charge in [0.2, 0.25) is 0 Å². The maximum atomic E-state index is 11.3. The Hall–Kier alpha value is -0.550. The average Bonchev–Trinajstić information content (AvgIpc) is 2.71. The molecule has 1 rings (SSSR count). The highest BCUT2D eigenvalue weighted by Gasteiger charge is 2.16. The molecule has 0 aliphatic rings. The first-order chi connectivity index (χ1) is 7.63. The van der Waals surface area contributed by atoms with E-state index in [1.807, 2.05) is 0 Å². The van der Waals surface area contributed by atoms with E-state index in [4.69, 9.17) is 0 Å². The molecule has 0 aromatic carbocycles. The minimum Gasteiger partial charge on any atom is -0.746 e. The molecule has 0 amide bonds. The van der Waals surface area contributed by atoms with Crippen molar-refractivity contribution in [1.82, 2.24) is 9.78 Å². The van der Waals surface area contributed by atoms with E-state index in [0.29, 0.717) is 11.9 Å². The van der Waals surface area contributed by atoms with Gasteiger partial charge in [0.15, 0.2) is 5.82 Å². The number of ether oxygens (including phenoxy) is 1. The molecule has 16 heavy (non-hydrogen) atoms. The normalized spacial score (nSPS) is 10.2. The Morgan fingerprint density at radius 1 is 1.81 bits per heavy atom. The molecule has 0 N–H and O–H groups in total. The zero-order valence-electron chi connectivity index (χ0n) is 8.22. The lowest BCUT2D eigenvalue weighted by molar-refractivity contribution is 0.0587. The van der Waals surface area contributed by atoms with Gasteiger partial charge in [-0.1, -0.05) is 15.9 Å². The number of aromatic nitrogens is 2. The summed E-state index contributed by atoms with van der Waals surface area (Å²) in [6, 6.07) is 1.26. The van der Waals surface area contributed by atoms with Gasteiger partial charge in [0, 0.05) is 11.4 Å². The third-order valence-corrected chi connectivity index (χ3v) is 2.91. The van der Waals surface area contributed by atoms with Gasteiger partial charge < -0.3 is 13.2 Å². The number of hydrogen-bond acceptors (Lipinski definition) is 5. The molecule has 7 nitrogen and oxygen atoms in total. The molecule has 1 aromatic rings. The number of carbonyl (C=O) groups excluding carboxylic acids is 1. The first kappa shape index (κ1) is 13.5. The topological polar surface area (TPSA) is 87.5 Å². The van der Waals surface area contributed by atoms with E-state index in [2.05, 4.69) is 25.8 Å². The first-order valence-corrected chi connectivity index (χ1v) is 7.07. The molecule has 1 heterocycles. The second kappa shape index (κ2) is 6.25. The van der Waals surface area contributed by atoms with Gasteiger partial charge in [0.05, 0.1) is 13.7 Å². The van der Waals surface area contributed by atoms with Crippen LogP contribution in [0.15, 0.2) is 6.07 Å². The van der Waals surface area contributed by atoms with Gasteiger partial charge in [-0.2, -0.15) is 5.10 Å². The van der Waals surface area contributed by atoms with E-state index in [-0.39, 0.29) is 14.8 Å². The quantitative estimate of drug-likeness (QED) is 0.243. The molecule has 0 saturated carbocycles. The molecular formula is C7H8BrIN3O4-. The molecule has 0 saturated heterocycles. The summed E-state index contributed by atoms with van der Waals surface area (Å²) < 4.78 is 16.6. The Balaban J connectivity index is 3.08. The van der Waals surface area contributed by atoms with Crippen molar-refractivity contribution < 1.29 is 12.6 Å². The van der Waals surface area contributed by atoms with Crippen LogP contribution in [-0.2, 0) is 14.4 Å². The van der Waals surface area contributed by atoms with Crippen molar-refractivity contribution >= 4 is 49.2 Å². The summed E-state index contributed by atoms with van der Waals surface area (Å²) in [7, 11) is 1.24. The third kappa shape index (κ3) is 2.98. The van der Waals surface area contributed by atoms with E-state index in [9.17, 15) is 13.1 Å². The van der Waals surface area contributed by atoms with Gasteiger partial charge in [-0.05, 0) is 0 Å². The fraction of sp³-hybridized carbons (Fsp3) is 0.429. The molecule has 0 aliphatic heterocycles. The van der Waals surface area contributed by atoms with Crippen LogP contribution in [0.25, 0.3) is 0 Å². The second-order valence-electron chi connectivity index (χ2n) is 2.61. The predicted molar refractivity (Wildman–Crippen MR) is 67.9 cm³/mol. The van der Waals surface area contributed by atoms with Crippen LogP contribution in [0.4, 0.5) is 5.82 Å². The third-order valence-electron chi connectivity index (χ3n) is 1.70. The van der Waals surface area contributed by atoms with Crippen LogP contribution in [0.2, 0.25) is 0 Å². The zero-order valence-corrected chi connectivity index (χ0v) is 12.0. The number of carbonyl (C=O) groups is 1. The van der Waals surface area contributed by atoms with Crippen molar-refractivity contribution in [1.29, 1.82) is 0 Å². The van der Waals surface area contributed by atoms with Crippen LogP contribution in [0.1, 0.15) is 10.5 Å². The van der Waals surface area contributed by atoms with Crippen LogP contribution >= 0.6 is 37.4 Å². The molecule has 90 valence electrons. The Labute approximate surface area is 110 Å². The summed E-state index contributed by atoms with van der Waals surface area (Å²) in [5, 5.41) is 15.5. The number of esters is 1. The van der Waals surface area contributed by atoms with E-state index in [1.165, 1.54) is 17.9 Å². The smallest absolute Gasteiger partial charge is 0.356 e. The van der Waals surface area contributed by atoms with Crippen LogP contribution < -0.4 is 3.28 Å². The van der Waals surface area contributed by atoms with Crippen molar-refractivity contribution in [2.24, 2.45) is 0 Å². The van der Waals surface area contributed by atoms with E-state index < -0.39 is 27.4 Å². The van der Waals surface area contributed by atoms with Crippen LogP contribution in [0, 0.1) is 5.21 Å². The molecular weight excluding hydrogens is 397 g/mol. The fourth-order valence-electron chi connectivity index (χ4n) is 1.04. The van der Waals surface area contributed by atoms with Crippen molar-refractivity contribution in [2.45, 2.75) is 6.54 Å². The lowest BCUT2D eigenvalue weighted by atomic mass is 10.4. The number of nitrogens with zero attached hydrogens (tertiary/aromatic N) is 3. The van der Waals surface area contributed by atoms with Crippen molar-refractivity contribution in [3.8, 4) is 0 Å². The fourth-order valence-corrected chi connectivity index (χ4v) is 1.82. The molecule has 0 unspecified atom stereocenters. The minimum absolute atomic E-state index is 0.0378. The van der Waals surface area contributed by atoms with Crippen LogP contribution in [0.5, 0.6) is 0 Å². The second-order valence-corrected chi connectivity index (χ2v) is 4.67. The number of halogens is 2. The summed E-state index contributed by atoms with van der Waals surface area (Å²) in [4.78, 5) is 11.3. The summed E-state index contributed by atoms with van der Waals surface area (Å²) in [5.41, 5.74) is 0.162. The summed E-state index contributed by atoms with van der Waals surface area (Å²) >= 11 is 1.32. The zero-order chi connectivity index (χ0) is 12.1. The van der Waals surface area contributed by atoms with Crippen molar-refractivity contribution in [3.63, 3.8) is 0 Å². The lowest BCUT2D eigenvalue weighted by Gasteiger charge is -2.16. The standard InChI is InChI=1S/C7H8BrIN3O4/c1-16-7(13)5-4-6(12(15)9-14)10-11(5)3-2-8/h4H,2-3H2,1H3/q-1. The van der Waals surface area contributed by atoms with E-state index >= 15 is 0 Å². The largest absolute Gasteiger partial charge is 0.746 e. The van der Waals surface area contributed by atoms with Crippen molar-refractivity contribution in [3.05, 3.63) is 17.0 Å². The number of hydrogen-bond donors (Lipinski definition) is 0. The highest BCUT2D eigenvalue weighted by atomic mass is 127. The summed E-state index contributed by atoms with van der Waals surface area (Å²) in [5.74, 6) is -0.624. The van der Waals surface area contributed by atoms with Gasteiger partial charge in [-0.15, -0.1) is 0 Å². The number of anilines is 1. The molecule has 0 spiro atoms. The maximum absolute atomic E-state index is 11.3. The summed E-state index contributed by atoms with van der Waals surface area (Å²) in [6.07, 6.45) is 0. The Morgan fingerprint density at radius 3 is 3.00 bits per heavy atom. The maximum Gasteiger partial charge on any atom is 0.356 e. The van der Waals surface area contributed by atoms with Gasteiger partial charge in [0.1, 0.15) is 5.69 Å². The summed E-state index contributed by atoms with van der Waals surface area (Å²) in [6.45, 7) is 0.412. The molecule has 1 aromatic heterocycles. The Bertz CT molecular complexity index is 397. The number of methoxy groups -OCH3 is 1. The van der Waals surface area contributed by atoms with Crippen molar-refractivity contribution in [2.75, 3.05) is 15.7 Å². The molecule has 0 atom stereocenters. The molecule has 9 heteroatoms. The van der Waals surface area contributed by atoms with Gasteiger partial charge >= 0.3 is 5.97 Å². The van der Waals surface area contributed by atoms with Gasteiger partial charge in [-0.3, -0.25) is 4.68 Å². The Kier molecular flexibility index (Phi) is 5.28. The first-order valence-electron chi connectivity index (χ1n) is 4.10. The van der Waals surface area contributed by atoms with Crippen LogP contribution in [0.3, 0.4) is 0 Å². The average molecular weight is 405 g/mol. The van der Waals surface area contributed by atoms with E-state index in [0.717, 1.165) is 0 Å². The SMILES string of the molecule is COC(=O)c1cc(N([O-])I=O)nn1CCBr. The van der Waals surface area contributed by atoms with Crippen LogP contribution in [-0.4, -0.2) is 28.2 Å². The molecule has 0 fully saturated rings. The van der Waals surface area contributed by atoms with E-state index in [1.54, 1.807) is 0 Å². The molecule has 0 aliphatic carbocycles. The van der Waals surface area contributed by atoms with Gasteiger partial charge in [0.25, 0.3) is 21.5 Å².